The van der Waals surface area contributed by atoms with Crippen LogP contribution in [0.3, 0.4) is 0 Å². The van der Waals surface area contributed by atoms with Crippen molar-refractivity contribution in [3.05, 3.63) is 59.3 Å². The Morgan fingerprint density at radius 3 is 2.19 bits per heavy atom. The highest BCUT2D eigenvalue weighted by atomic mass is 19.4. The molecule has 0 saturated carbocycles. The summed E-state index contributed by atoms with van der Waals surface area (Å²) in [5.41, 5.74) is -0.694. The Kier molecular flexibility index (Phi) is 4.56. The minimum Gasteiger partial charge on any atom is -0.355 e. The summed E-state index contributed by atoms with van der Waals surface area (Å²) in [6.45, 7) is 0.705. The molecule has 1 fully saturated rings. The van der Waals surface area contributed by atoms with Gasteiger partial charge in [-0.15, -0.1) is 0 Å². The lowest BCUT2D eigenvalue weighted by molar-refractivity contribution is -0.141. The van der Waals surface area contributed by atoms with E-state index in [0.717, 1.165) is 17.7 Å². The molecule has 7 heteroatoms. The highest BCUT2D eigenvalue weighted by Gasteiger charge is 2.38. The first-order valence-electron chi connectivity index (χ1n) is 8.10. The predicted octanol–water partition coefficient (Wildman–Crippen LogP) is 4.03. The normalized spacial score (nSPS) is 16.6. The number of pyridine rings is 1. The summed E-state index contributed by atoms with van der Waals surface area (Å²) in [4.78, 5) is 5.34. The molecule has 3 rings (SSSR count). The number of aromatic nitrogens is 1. The van der Waals surface area contributed by atoms with Gasteiger partial charge >= 0.3 is 6.18 Å². The van der Waals surface area contributed by atoms with Crippen molar-refractivity contribution < 1.29 is 13.2 Å². The van der Waals surface area contributed by atoms with Gasteiger partial charge in [0.1, 0.15) is 17.6 Å². The second-order valence-electron chi connectivity index (χ2n) is 6.22. The monoisotopic (exact) mass is 356 g/mol. The van der Waals surface area contributed by atoms with Crippen molar-refractivity contribution in [3.8, 4) is 12.1 Å². The molecule has 1 aliphatic rings. The van der Waals surface area contributed by atoms with Crippen molar-refractivity contribution in [2.24, 2.45) is 0 Å². The number of hydrogen-bond acceptors (Lipinski definition) is 4. The molecule has 0 atom stereocenters. The zero-order chi connectivity index (χ0) is 18.8. The van der Waals surface area contributed by atoms with E-state index in [1.165, 1.54) is 0 Å². The Balaban J connectivity index is 1.89. The van der Waals surface area contributed by atoms with Crippen molar-refractivity contribution in [2.75, 3.05) is 18.0 Å². The van der Waals surface area contributed by atoms with Crippen molar-refractivity contribution in [3.63, 3.8) is 0 Å². The zero-order valence-corrected chi connectivity index (χ0v) is 13.8. The molecule has 0 bridgehead atoms. The highest BCUT2D eigenvalue weighted by molar-refractivity contribution is 5.55. The smallest absolute Gasteiger partial charge is 0.355 e. The SMILES string of the molecule is N#Cc1ccc(C(F)(F)F)nc1N1CCC(C#N)(c2ccccc2)CC1. The van der Waals surface area contributed by atoms with Crippen LogP contribution in [-0.4, -0.2) is 18.1 Å². The van der Waals surface area contributed by atoms with E-state index in [0.29, 0.717) is 25.9 Å². The summed E-state index contributed by atoms with van der Waals surface area (Å²) in [6, 6.07) is 15.6. The highest BCUT2D eigenvalue weighted by Crippen LogP contribution is 2.37. The maximum Gasteiger partial charge on any atom is 0.433 e. The van der Waals surface area contributed by atoms with Gasteiger partial charge < -0.3 is 4.90 Å². The third-order valence-electron chi connectivity index (χ3n) is 4.74. The van der Waals surface area contributed by atoms with E-state index in [1.54, 1.807) is 4.90 Å². The third-order valence-corrected chi connectivity index (χ3v) is 4.74. The molecule has 4 nitrogen and oxygen atoms in total. The molecule has 1 aliphatic heterocycles. The lowest BCUT2D eigenvalue weighted by Gasteiger charge is -2.38. The first-order valence-corrected chi connectivity index (χ1v) is 8.10. The van der Waals surface area contributed by atoms with E-state index < -0.39 is 17.3 Å². The summed E-state index contributed by atoms with van der Waals surface area (Å²) in [7, 11) is 0. The number of piperidine rings is 1. The fraction of sp³-hybridized carbons (Fsp3) is 0.316. The summed E-state index contributed by atoms with van der Waals surface area (Å²) in [5.74, 6) is 0.0296. The van der Waals surface area contributed by atoms with Crippen LogP contribution in [0.25, 0.3) is 0 Å². The molecule has 0 unspecified atom stereocenters. The predicted molar refractivity (Wildman–Crippen MR) is 89.1 cm³/mol. The quantitative estimate of drug-likeness (QED) is 0.815. The van der Waals surface area contributed by atoms with Crippen LogP contribution in [0, 0.1) is 22.7 Å². The Bertz CT molecular complexity index is 870. The van der Waals surface area contributed by atoms with E-state index in [4.69, 9.17) is 0 Å². The molecule has 2 aromatic rings. The molecular weight excluding hydrogens is 341 g/mol. The maximum atomic E-state index is 13.0. The van der Waals surface area contributed by atoms with Gasteiger partial charge in [0, 0.05) is 13.1 Å². The average molecular weight is 356 g/mol. The van der Waals surface area contributed by atoms with Crippen molar-refractivity contribution >= 4 is 5.82 Å². The average Bonchev–Trinajstić information content (AvgIpc) is 2.67. The first-order chi connectivity index (χ1) is 12.4. The van der Waals surface area contributed by atoms with Gasteiger partial charge in [-0.3, -0.25) is 0 Å². The van der Waals surface area contributed by atoms with Crippen molar-refractivity contribution in [1.82, 2.24) is 4.98 Å². The van der Waals surface area contributed by atoms with E-state index in [1.807, 2.05) is 36.4 Å². The second kappa shape index (κ2) is 6.68. The molecule has 0 amide bonds. The van der Waals surface area contributed by atoms with E-state index in [2.05, 4.69) is 11.1 Å². The number of nitriles is 2. The van der Waals surface area contributed by atoms with Crippen LogP contribution in [0.1, 0.15) is 29.7 Å². The summed E-state index contributed by atoms with van der Waals surface area (Å²) >= 11 is 0. The molecule has 1 saturated heterocycles. The molecule has 0 radical (unpaired) electrons. The molecule has 1 aromatic heterocycles. The molecule has 26 heavy (non-hydrogen) atoms. The van der Waals surface area contributed by atoms with Crippen LogP contribution >= 0.6 is 0 Å². The number of benzene rings is 1. The first kappa shape index (κ1) is 17.8. The minimum absolute atomic E-state index is 0.0296. The number of hydrogen-bond donors (Lipinski definition) is 0. The molecule has 0 aliphatic carbocycles. The van der Waals surface area contributed by atoms with Gasteiger partial charge in [-0.25, -0.2) is 4.98 Å². The maximum absolute atomic E-state index is 13.0. The Morgan fingerprint density at radius 2 is 1.65 bits per heavy atom. The van der Waals surface area contributed by atoms with Gasteiger partial charge in [-0.2, -0.15) is 23.7 Å². The lowest BCUT2D eigenvalue weighted by atomic mass is 9.74. The summed E-state index contributed by atoms with van der Waals surface area (Å²) < 4.78 is 38.9. The van der Waals surface area contributed by atoms with Crippen LogP contribution in [0.2, 0.25) is 0 Å². The van der Waals surface area contributed by atoms with Gasteiger partial charge in [0.2, 0.25) is 0 Å². The van der Waals surface area contributed by atoms with E-state index in [-0.39, 0.29) is 11.4 Å². The molecule has 2 heterocycles. The van der Waals surface area contributed by atoms with Crippen LogP contribution in [0.5, 0.6) is 0 Å². The van der Waals surface area contributed by atoms with Crippen LogP contribution in [0.4, 0.5) is 19.0 Å². The van der Waals surface area contributed by atoms with Gasteiger partial charge in [0.05, 0.1) is 17.0 Å². The fourth-order valence-electron chi connectivity index (χ4n) is 3.26. The number of halogens is 3. The number of anilines is 1. The van der Waals surface area contributed by atoms with Gasteiger partial charge in [-0.1, -0.05) is 30.3 Å². The summed E-state index contributed by atoms with van der Waals surface area (Å²) in [6.07, 6.45) is -3.66. The zero-order valence-electron chi connectivity index (χ0n) is 13.8. The molecule has 1 aromatic carbocycles. The second-order valence-corrected chi connectivity index (χ2v) is 6.22. The van der Waals surface area contributed by atoms with Gasteiger partial charge in [0.15, 0.2) is 0 Å². The lowest BCUT2D eigenvalue weighted by Crippen LogP contribution is -2.42. The van der Waals surface area contributed by atoms with Crippen LogP contribution in [0.15, 0.2) is 42.5 Å². The fourth-order valence-corrected chi connectivity index (χ4v) is 3.26. The van der Waals surface area contributed by atoms with E-state index in [9.17, 15) is 23.7 Å². The molecule has 132 valence electrons. The van der Waals surface area contributed by atoms with Crippen LogP contribution < -0.4 is 4.90 Å². The summed E-state index contributed by atoms with van der Waals surface area (Å²) in [5, 5.41) is 18.9. The molecule has 0 spiro atoms. The van der Waals surface area contributed by atoms with Gasteiger partial charge in [-0.05, 0) is 30.5 Å². The minimum atomic E-state index is -4.57. The van der Waals surface area contributed by atoms with Gasteiger partial charge in [0.25, 0.3) is 0 Å². The molecule has 0 N–H and O–H groups in total. The van der Waals surface area contributed by atoms with Crippen molar-refractivity contribution in [1.29, 1.82) is 10.5 Å². The van der Waals surface area contributed by atoms with Crippen molar-refractivity contribution in [2.45, 2.75) is 24.4 Å². The standard InChI is InChI=1S/C19H15F3N4/c20-19(21,22)16-7-6-14(12-23)17(25-16)26-10-8-18(13-24,9-11-26)15-4-2-1-3-5-15/h1-7H,8-11H2. The largest absolute Gasteiger partial charge is 0.433 e. The van der Waals surface area contributed by atoms with Crippen LogP contribution in [-0.2, 0) is 11.6 Å². The Morgan fingerprint density at radius 1 is 1.00 bits per heavy atom. The molecular formula is C19H15F3N4. The Hall–Kier alpha value is -3.06. The van der Waals surface area contributed by atoms with E-state index >= 15 is 0 Å². The number of nitrogens with zero attached hydrogens (tertiary/aromatic N) is 4. The number of rotatable bonds is 2. The third kappa shape index (κ3) is 3.21. The topological polar surface area (TPSA) is 63.7 Å². The Labute approximate surface area is 149 Å². The number of alkyl halides is 3.